The van der Waals surface area contributed by atoms with Crippen molar-refractivity contribution in [1.29, 1.82) is 0 Å². The predicted molar refractivity (Wildman–Crippen MR) is 92.3 cm³/mol. The zero-order chi connectivity index (χ0) is 17.2. The number of hydrogen-bond acceptors (Lipinski definition) is 7. The molecule has 0 amide bonds. The Labute approximate surface area is 139 Å². The number of nitrogens with two attached hydrogens (primary N) is 1. The van der Waals surface area contributed by atoms with Gasteiger partial charge in [0.15, 0.2) is 0 Å². The maximum Gasteiger partial charge on any atom is 0.229 e. The van der Waals surface area contributed by atoms with Gasteiger partial charge in [0.1, 0.15) is 5.82 Å². The Morgan fingerprint density at radius 3 is 2.35 bits per heavy atom. The summed E-state index contributed by atoms with van der Waals surface area (Å²) in [6, 6.07) is 0.475. The molecular weight excluding hydrogens is 292 g/mol. The van der Waals surface area contributed by atoms with E-state index in [4.69, 9.17) is 10.5 Å². The first kappa shape index (κ1) is 17.9. The molecule has 2 rings (SSSR count). The second-order valence-electron chi connectivity index (χ2n) is 6.64. The lowest BCUT2D eigenvalue weighted by Crippen LogP contribution is -2.63. The first-order valence-corrected chi connectivity index (χ1v) is 8.28. The third kappa shape index (κ3) is 3.26. The summed E-state index contributed by atoms with van der Waals surface area (Å²) >= 11 is 0. The maximum absolute atomic E-state index is 5.82. The van der Waals surface area contributed by atoms with E-state index in [0.717, 1.165) is 19.3 Å². The molecule has 0 spiro atoms. The van der Waals surface area contributed by atoms with Gasteiger partial charge in [-0.2, -0.15) is 15.0 Å². The Morgan fingerprint density at radius 2 is 1.83 bits per heavy atom. The minimum Gasteiger partial charge on any atom is -0.381 e. The van der Waals surface area contributed by atoms with Gasteiger partial charge in [-0.3, -0.25) is 4.90 Å². The molecule has 7 nitrogen and oxygen atoms in total. The van der Waals surface area contributed by atoms with Gasteiger partial charge in [0, 0.05) is 32.7 Å². The normalized spacial score (nSPS) is 22.9. The highest BCUT2D eigenvalue weighted by Crippen LogP contribution is 2.51. The van der Waals surface area contributed by atoms with E-state index in [9.17, 15) is 0 Å². The van der Waals surface area contributed by atoms with Crippen LogP contribution in [0.15, 0.2) is 0 Å². The molecule has 23 heavy (non-hydrogen) atoms. The number of nitrogens with zero attached hydrogens (tertiary/aromatic N) is 5. The van der Waals surface area contributed by atoms with Crippen molar-refractivity contribution in [3.63, 3.8) is 0 Å². The molecule has 1 aromatic heterocycles. The van der Waals surface area contributed by atoms with Crippen LogP contribution in [0.1, 0.15) is 38.9 Å². The molecule has 0 unspecified atom stereocenters. The third-order valence-electron chi connectivity index (χ3n) is 5.35. The van der Waals surface area contributed by atoms with Crippen molar-refractivity contribution in [3.8, 4) is 0 Å². The first-order chi connectivity index (χ1) is 10.9. The van der Waals surface area contributed by atoms with E-state index in [0.29, 0.717) is 30.5 Å². The summed E-state index contributed by atoms with van der Waals surface area (Å²) in [6.07, 6.45) is 3.61. The van der Waals surface area contributed by atoms with Crippen LogP contribution in [-0.2, 0) is 11.3 Å². The number of nitrogen functional groups attached to an aromatic ring is 1. The quantitative estimate of drug-likeness (QED) is 0.815. The number of aromatic nitrogens is 3. The molecule has 0 radical (unpaired) electrons. The minimum atomic E-state index is 0.215. The molecule has 1 heterocycles. The summed E-state index contributed by atoms with van der Waals surface area (Å²) in [5.41, 5.74) is 6.03. The number of anilines is 2. The topological polar surface area (TPSA) is 80.4 Å². The van der Waals surface area contributed by atoms with Gasteiger partial charge in [0.05, 0.1) is 12.6 Å². The number of hydrogen-bond donors (Lipinski definition) is 1. The third-order valence-corrected chi connectivity index (χ3v) is 5.35. The number of methoxy groups -OCH3 is 1. The highest BCUT2D eigenvalue weighted by molar-refractivity contribution is 5.32. The Bertz CT molecular complexity index is 531. The molecule has 1 aliphatic carbocycles. The van der Waals surface area contributed by atoms with Crippen molar-refractivity contribution >= 4 is 11.9 Å². The summed E-state index contributed by atoms with van der Waals surface area (Å²) in [4.78, 5) is 17.1. The van der Waals surface area contributed by atoms with Gasteiger partial charge < -0.3 is 15.4 Å². The highest BCUT2D eigenvalue weighted by Gasteiger charge is 2.54. The Balaban J connectivity index is 2.15. The smallest absolute Gasteiger partial charge is 0.229 e. The van der Waals surface area contributed by atoms with Gasteiger partial charge in [0.2, 0.25) is 11.9 Å². The van der Waals surface area contributed by atoms with Gasteiger partial charge in [-0.15, -0.1) is 0 Å². The van der Waals surface area contributed by atoms with Crippen LogP contribution in [0.4, 0.5) is 11.9 Å². The molecule has 1 saturated carbocycles. The van der Waals surface area contributed by atoms with Crippen LogP contribution in [0.2, 0.25) is 0 Å². The lowest BCUT2D eigenvalue weighted by atomic mass is 9.58. The molecule has 0 aromatic carbocycles. The van der Waals surface area contributed by atoms with Crippen molar-refractivity contribution < 1.29 is 4.74 Å². The van der Waals surface area contributed by atoms with Crippen LogP contribution in [0.25, 0.3) is 0 Å². The molecule has 130 valence electrons. The lowest BCUT2D eigenvalue weighted by molar-refractivity contribution is -0.158. The van der Waals surface area contributed by atoms with Crippen LogP contribution in [0.5, 0.6) is 0 Å². The highest BCUT2D eigenvalue weighted by atomic mass is 16.5. The molecule has 7 heteroatoms. The molecular formula is C16H30N6O. The van der Waals surface area contributed by atoms with Crippen molar-refractivity contribution in [2.24, 2.45) is 5.41 Å². The Morgan fingerprint density at radius 1 is 1.17 bits per heavy atom. The maximum atomic E-state index is 5.82. The largest absolute Gasteiger partial charge is 0.381 e. The van der Waals surface area contributed by atoms with Crippen LogP contribution >= 0.6 is 0 Å². The van der Waals surface area contributed by atoms with E-state index in [1.807, 2.05) is 26.1 Å². The molecule has 2 N–H and O–H groups in total. The van der Waals surface area contributed by atoms with Crippen molar-refractivity contribution in [1.82, 2.24) is 19.9 Å². The zero-order valence-electron chi connectivity index (χ0n) is 15.2. The van der Waals surface area contributed by atoms with Gasteiger partial charge >= 0.3 is 0 Å². The Hall–Kier alpha value is -1.47. The Kier molecular flexibility index (Phi) is 5.41. The molecule has 1 fully saturated rings. The van der Waals surface area contributed by atoms with Gasteiger partial charge in [-0.05, 0) is 26.3 Å². The van der Waals surface area contributed by atoms with Crippen LogP contribution in [0.3, 0.4) is 0 Å². The van der Waals surface area contributed by atoms with Gasteiger partial charge in [0.25, 0.3) is 0 Å². The molecule has 2 atom stereocenters. The van der Waals surface area contributed by atoms with Gasteiger partial charge in [-0.25, -0.2) is 0 Å². The van der Waals surface area contributed by atoms with Crippen LogP contribution in [0, 0.1) is 5.41 Å². The van der Waals surface area contributed by atoms with E-state index in [1.165, 1.54) is 0 Å². The average Bonchev–Trinajstić information content (AvgIpc) is 2.47. The molecule has 0 bridgehead atoms. The van der Waals surface area contributed by atoms with E-state index in [2.05, 4.69) is 40.7 Å². The number of ether oxygens (including phenoxy) is 1. The van der Waals surface area contributed by atoms with E-state index < -0.39 is 0 Å². The van der Waals surface area contributed by atoms with Crippen LogP contribution in [-0.4, -0.2) is 60.3 Å². The van der Waals surface area contributed by atoms with E-state index in [-0.39, 0.29) is 11.4 Å². The predicted octanol–water partition coefficient (Wildman–Crippen LogP) is 1.55. The van der Waals surface area contributed by atoms with Crippen molar-refractivity contribution in [3.05, 3.63) is 5.82 Å². The fourth-order valence-corrected chi connectivity index (χ4v) is 3.88. The summed E-state index contributed by atoms with van der Waals surface area (Å²) in [5.74, 6) is 1.58. The second-order valence-corrected chi connectivity index (χ2v) is 6.64. The van der Waals surface area contributed by atoms with Crippen molar-refractivity contribution in [2.45, 2.75) is 51.8 Å². The second kappa shape index (κ2) is 6.97. The SMILES string of the molecule is CCC1(CC)[C@@H](OC)C[C@H]1N(C)Cc1nc(N)nc(N(C)C)n1. The molecule has 0 aliphatic heterocycles. The molecule has 0 saturated heterocycles. The number of rotatable bonds is 7. The zero-order valence-corrected chi connectivity index (χ0v) is 15.2. The lowest BCUT2D eigenvalue weighted by Gasteiger charge is -2.58. The van der Waals surface area contributed by atoms with E-state index in [1.54, 1.807) is 0 Å². The van der Waals surface area contributed by atoms with Crippen LogP contribution < -0.4 is 10.6 Å². The average molecular weight is 322 g/mol. The standard InChI is InChI=1S/C16H30N6O/c1-7-16(8-2)11(9-12(16)23-6)22(5)10-13-18-14(17)20-15(19-13)21(3)4/h11-12H,7-10H2,1-6H3,(H2,17,18,19,20)/t11-,12+/m1/s1. The molecule has 1 aliphatic rings. The van der Waals surface area contributed by atoms with Crippen molar-refractivity contribution in [2.75, 3.05) is 38.9 Å². The molecule has 1 aromatic rings. The summed E-state index contributed by atoms with van der Waals surface area (Å²) in [5, 5.41) is 0. The minimum absolute atomic E-state index is 0.215. The van der Waals surface area contributed by atoms with E-state index >= 15 is 0 Å². The monoisotopic (exact) mass is 322 g/mol. The fraction of sp³-hybridized carbons (Fsp3) is 0.812. The first-order valence-electron chi connectivity index (χ1n) is 8.28. The summed E-state index contributed by atoms with van der Waals surface area (Å²) in [7, 11) is 7.75. The summed E-state index contributed by atoms with van der Waals surface area (Å²) in [6.45, 7) is 5.16. The van der Waals surface area contributed by atoms with Gasteiger partial charge in [-0.1, -0.05) is 13.8 Å². The summed E-state index contributed by atoms with van der Waals surface area (Å²) < 4.78 is 5.69. The fourth-order valence-electron chi connectivity index (χ4n) is 3.88.